The second kappa shape index (κ2) is 6.72. The van der Waals surface area contributed by atoms with Gasteiger partial charge in [0.05, 0.1) is 14.2 Å². The van der Waals surface area contributed by atoms with Crippen molar-refractivity contribution in [3.05, 3.63) is 59.7 Å². The molecular weight excluding hydrogens is 355 g/mol. The van der Waals surface area contributed by atoms with Crippen LogP contribution >= 0.6 is 11.3 Å². The first-order valence-corrected chi connectivity index (χ1v) is 8.68. The number of ether oxygens (including phenoxy) is 2. The van der Waals surface area contributed by atoms with Gasteiger partial charge >= 0.3 is 0 Å². The Kier molecular flexibility index (Phi) is 4.26. The molecule has 0 radical (unpaired) electrons. The van der Waals surface area contributed by atoms with Gasteiger partial charge in [-0.2, -0.15) is 9.61 Å². The van der Waals surface area contributed by atoms with Crippen molar-refractivity contribution in [2.75, 3.05) is 14.2 Å². The van der Waals surface area contributed by atoms with E-state index < -0.39 is 0 Å². The van der Waals surface area contributed by atoms with E-state index in [1.54, 1.807) is 36.9 Å². The number of hydrogen-bond acceptors (Lipinski definition) is 6. The van der Waals surface area contributed by atoms with Gasteiger partial charge in [-0.1, -0.05) is 29.5 Å². The number of benzene rings is 2. The molecule has 0 aliphatic heterocycles. The molecule has 4 aromatic rings. The van der Waals surface area contributed by atoms with Crippen molar-refractivity contribution in [2.45, 2.75) is 6.42 Å². The summed E-state index contributed by atoms with van der Waals surface area (Å²) < 4.78 is 26.2. The van der Waals surface area contributed by atoms with Crippen LogP contribution in [0.15, 0.2) is 42.5 Å². The molecule has 2 aromatic heterocycles. The molecule has 0 aliphatic carbocycles. The summed E-state index contributed by atoms with van der Waals surface area (Å²) in [5, 5.41) is 13.7. The summed E-state index contributed by atoms with van der Waals surface area (Å²) in [6, 6.07) is 12.2. The third-order valence-corrected chi connectivity index (χ3v) is 4.94. The lowest BCUT2D eigenvalue weighted by atomic mass is 10.1. The highest BCUT2D eigenvalue weighted by molar-refractivity contribution is 7.19. The van der Waals surface area contributed by atoms with Crippen molar-refractivity contribution in [3.63, 3.8) is 0 Å². The van der Waals surface area contributed by atoms with Crippen LogP contribution < -0.4 is 9.47 Å². The van der Waals surface area contributed by atoms with Crippen LogP contribution in [0.4, 0.5) is 4.39 Å². The molecule has 0 amide bonds. The zero-order valence-corrected chi connectivity index (χ0v) is 15.0. The third kappa shape index (κ3) is 2.88. The number of nitrogens with zero attached hydrogens (tertiary/aromatic N) is 4. The van der Waals surface area contributed by atoms with E-state index >= 15 is 0 Å². The van der Waals surface area contributed by atoms with Crippen molar-refractivity contribution in [1.29, 1.82) is 0 Å². The van der Waals surface area contributed by atoms with E-state index in [1.807, 2.05) is 18.2 Å². The molecular formula is C18H15FN4O2S. The van der Waals surface area contributed by atoms with Crippen LogP contribution in [0.1, 0.15) is 11.4 Å². The van der Waals surface area contributed by atoms with Crippen molar-refractivity contribution in [3.8, 4) is 22.1 Å². The molecule has 4 rings (SSSR count). The minimum atomic E-state index is -0.264. The Bertz CT molecular complexity index is 1080. The summed E-state index contributed by atoms with van der Waals surface area (Å²) in [4.78, 5) is 0.654. The van der Waals surface area contributed by atoms with Crippen LogP contribution in [0.2, 0.25) is 0 Å². The SMILES string of the molecule is COc1ccc(-c2nn3c(Cc4ccccc4F)nnc3s2)cc1OC. The van der Waals surface area contributed by atoms with Crippen molar-refractivity contribution >= 4 is 16.3 Å². The molecule has 6 nitrogen and oxygen atoms in total. The molecule has 0 bridgehead atoms. The van der Waals surface area contributed by atoms with E-state index in [0.717, 1.165) is 10.6 Å². The Morgan fingerprint density at radius 3 is 2.62 bits per heavy atom. The molecule has 2 aromatic carbocycles. The average molecular weight is 370 g/mol. The van der Waals surface area contributed by atoms with Crippen LogP contribution in [0, 0.1) is 5.82 Å². The van der Waals surface area contributed by atoms with Crippen LogP contribution in [0.3, 0.4) is 0 Å². The lowest BCUT2D eigenvalue weighted by Crippen LogP contribution is -1.99. The highest BCUT2D eigenvalue weighted by Gasteiger charge is 2.16. The summed E-state index contributed by atoms with van der Waals surface area (Å²) in [5.74, 6) is 1.61. The fourth-order valence-corrected chi connectivity index (χ4v) is 3.52. The number of aromatic nitrogens is 4. The largest absolute Gasteiger partial charge is 0.493 e. The number of fused-ring (bicyclic) bond motifs is 1. The maximum Gasteiger partial charge on any atom is 0.234 e. The molecule has 0 atom stereocenters. The Morgan fingerprint density at radius 1 is 1.04 bits per heavy atom. The predicted molar refractivity (Wildman–Crippen MR) is 96.4 cm³/mol. The second-order valence-corrected chi connectivity index (χ2v) is 6.51. The molecule has 0 fully saturated rings. The molecule has 0 saturated carbocycles. The molecule has 0 saturated heterocycles. The summed E-state index contributed by atoms with van der Waals surface area (Å²) in [6.07, 6.45) is 0.322. The van der Waals surface area contributed by atoms with Gasteiger partial charge in [0.15, 0.2) is 17.3 Å². The van der Waals surface area contributed by atoms with E-state index in [4.69, 9.17) is 9.47 Å². The summed E-state index contributed by atoms with van der Waals surface area (Å²) in [6.45, 7) is 0. The quantitative estimate of drug-likeness (QED) is 0.537. The van der Waals surface area contributed by atoms with Gasteiger partial charge in [0.25, 0.3) is 0 Å². The van der Waals surface area contributed by atoms with Gasteiger partial charge < -0.3 is 9.47 Å². The molecule has 0 aliphatic rings. The topological polar surface area (TPSA) is 61.5 Å². The Balaban J connectivity index is 1.71. The number of rotatable bonds is 5. The molecule has 0 N–H and O–H groups in total. The predicted octanol–water partition coefficient (Wildman–Crippen LogP) is 3.60. The maximum absolute atomic E-state index is 13.9. The van der Waals surface area contributed by atoms with Crippen molar-refractivity contribution < 1.29 is 13.9 Å². The smallest absolute Gasteiger partial charge is 0.234 e. The van der Waals surface area contributed by atoms with E-state index in [-0.39, 0.29) is 5.82 Å². The molecule has 0 spiro atoms. The number of hydrogen-bond donors (Lipinski definition) is 0. The minimum Gasteiger partial charge on any atom is -0.493 e. The van der Waals surface area contributed by atoms with Crippen LogP contribution in [0.25, 0.3) is 15.5 Å². The van der Waals surface area contributed by atoms with Gasteiger partial charge in [-0.05, 0) is 29.8 Å². The van der Waals surface area contributed by atoms with Gasteiger partial charge in [0.1, 0.15) is 10.8 Å². The number of methoxy groups -OCH3 is 2. The maximum atomic E-state index is 13.9. The van der Waals surface area contributed by atoms with Crippen LogP contribution in [0.5, 0.6) is 11.5 Å². The van der Waals surface area contributed by atoms with E-state index in [1.165, 1.54) is 17.4 Å². The molecule has 132 valence electrons. The second-order valence-electron chi connectivity index (χ2n) is 5.56. The van der Waals surface area contributed by atoms with Crippen molar-refractivity contribution in [1.82, 2.24) is 19.8 Å². The average Bonchev–Trinajstić information content (AvgIpc) is 3.25. The zero-order valence-electron chi connectivity index (χ0n) is 14.1. The summed E-state index contributed by atoms with van der Waals surface area (Å²) in [5.41, 5.74) is 1.44. The first kappa shape index (κ1) is 16.5. The van der Waals surface area contributed by atoms with Crippen molar-refractivity contribution in [2.24, 2.45) is 0 Å². The lowest BCUT2D eigenvalue weighted by Gasteiger charge is -2.07. The fourth-order valence-electron chi connectivity index (χ4n) is 2.67. The third-order valence-electron chi connectivity index (χ3n) is 3.99. The standard InChI is InChI=1S/C18H15FN4O2S/c1-24-14-8-7-12(9-15(14)25-2)17-22-23-16(20-21-18(23)26-17)10-11-5-3-4-6-13(11)19/h3-9H,10H2,1-2H3. The minimum absolute atomic E-state index is 0.264. The fraction of sp³-hybridized carbons (Fsp3) is 0.167. The van der Waals surface area contributed by atoms with Gasteiger partial charge in [-0.3, -0.25) is 0 Å². The first-order valence-electron chi connectivity index (χ1n) is 7.86. The normalized spacial score (nSPS) is 11.0. The van der Waals surface area contributed by atoms with Crippen LogP contribution in [-0.2, 0) is 6.42 Å². The monoisotopic (exact) mass is 370 g/mol. The molecule has 8 heteroatoms. The first-order chi connectivity index (χ1) is 12.7. The van der Waals surface area contributed by atoms with Gasteiger partial charge in [-0.15, -0.1) is 10.2 Å². The van der Waals surface area contributed by atoms with Gasteiger partial charge in [0.2, 0.25) is 4.96 Å². The molecule has 2 heterocycles. The summed E-state index contributed by atoms with van der Waals surface area (Å²) >= 11 is 1.41. The summed E-state index contributed by atoms with van der Waals surface area (Å²) in [7, 11) is 3.18. The van der Waals surface area contributed by atoms with E-state index in [2.05, 4.69) is 15.3 Å². The Labute approximate surface area is 152 Å². The Morgan fingerprint density at radius 2 is 1.85 bits per heavy atom. The molecule has 26 heavy (non-hydrogen) atoms. The van der Waals surface area contributed by atoms with Crippen LogP contribution in [-0.4, -0.2) is 34.0 Å². The molecule has 0 unspecified atom stereocenters. The highest BCUT2D eigenvalue weighted by atomic mass is 32.1. The van der Waals surface area contributed by atoms with Gasteiger partial charge in [0, 0.05) is 12.0 Å². The van der Waals surface area contributed by atoms with E-state index in [9.17, 15) is 4.39 Å². The zero-order chi connectivity index (χ0) is 18.1. The van der Waals surface area contributed by atoms with Gasteiger partial charge in [-0.25, -0.2) is 4.39 Å². The van der Waals surface area contributed by atoms with E-state index in [0.29, 0.717) is 34.3 Å². The highest BCUT2D eigenvalue weighted by Crippen LogP contribution is 2.34. The Hall–Kier alpha value is -3.00. The number of halogens is 1. The lowest BCUT2D eigenvalue weighted by molar-refractivity contribution is 0.355.